The molecule has 0 radical (unpaired) electrons. The maximum atomic E-state index is 12.6. The smallest absolute Gasteiger partial charge is 0.416 e. The first-order valence-electron chi connectivity index (χ1n) is 5.61. The van der Waals surface area contributed by atoms with E-state index in [9.17, 15) is 13.2 Å². The van der Waals surface area contributed by atoms with E-state index in [0.29, 0.717) is 0 Å². The van der Waals surface area contributed by atoms with Gasteiger partial charge in [-0.25, -0.2) is 4.98 Å². The topological polar surface area (TPSA) is 45.1 Å². The molecule has 0 atom stereocenters. The Morgan fingerprint density at radius 2 is 1.80 bits per heavy atom. The summed E-state index contributed by atoms with van der Waals surface area (Å²) in [5, 5.41) is 11.7. The van der Waals surface area contributed by atoms with Crippen LogP contribution in [0.2, 0.25) is 5.15 Å². The van der Waals surface area contributed by atoms with Crippen molar-refractivity contribution in [3.05, 3.63) is 52.7 Å². The van der Waals surface area contributed by atoms with Gasteiger partial charge in [0.25, 0.3) is 0 Å². The molecular weight excluding hydrogens is 293 g/mol. The molecule has 2 rings (SSSR count). The van der Waals surface area contributed by atoms with E-state index >= 15 is 0 Å². The molecule has 0 bridgehead atoms. The summed E-state index contributed by atoms with van der Waals surface area (Å²) in [6.45, 7) is 0.269. The Kier molecular flexibility index (Phi) is 4.04. The number of phenols is 1. The predicted octanol–water partition coefficient (Wildman–Crippen LogP) is 4.07. The molecule has 20 heavy (non-hydrogen) atoms. The summed E-state index contributed by atoms with van der Waals surface area (Å²) < 4.78 is 37.8. The van der Waals surface area contributed by atoms with Crippen LogP contribution in [-0.2, 0) is 12.7 Å². The maximum Gasteiger partial charge on any atom is 0.416 e. The first kappa shape index (κ1) is 14.5. The quantitative estimate of drug-likeness (QED) is 0.840. The van der Waals surface area contributed by atoms with Gasteiger partial charge in [0.15, 0.2) is 0 Å². The molecule has 1 heterocycles. The Balaban J connectivity index is 2.13. The van der Waals surface area contributed by atoms with Gasteiger partial charge in [-0.1, -0.05) is 23.7 Å². The van der Waals surface area contributed by atoms with Crippen molar-refractivity contribution in [2.75, 3.05) is 5.32 Å². The molecule has 0 saturated heterocycles. The summed E-state index contributed by atoms with van der Waals surface area (Å²) in [6, 6.07) is 7.95. The van der Waals surface area contributed by atoms with Crippen molar-refractivity contribution in [1.29, 1.82) is 0 Å². The molecule has 0 aliphatic carbocycles. The monoisotopic (exact) mass is 302 g/mol. The van der Waals surface area contributed by atoms with Crippen LogP contribution in [-0.4, -0.2) is 10.1 Å². The number of nitrogens with one attached hydrogen (secondary N) is 1. The number of benzene rings is 1. The van der Waals surface area contributed by atoms with Crippen molar-refractivity contribution in [3.63, 3.8) is 0 Å². The van der Waals surface area contributed by atoms with Crippen LogP contribution in [0.1, 0.15) is 11.1 Å². The molecule has 1 aromatic heterocycles. The number of hydrogen-bond acceptors (Lipinski definition) is 3. The highest BCUT2D eigenvalue weighted by atomic mass is 35.5. The van der Waals surface area contributed by atoms with Gasteiger partial charge in [0.05, 0.1) is 5.56 Å². The second-order valence-electron chi connectivity index (χ2n) is 4.08. The Bertz CT molecular complexity index is 600. The molecule has 0 saturated carbocycles. The molecule has 0 unspecified atom stereocenters. The lowest BCUT2D eigenvalue weighted by atomic mass is 10.2. The van der Waals surface area contributed by atoms with Gasteiger partial charge in [-0.05, 0) is 29.8 Å². The molecule has 2 N–H and O–H groups in total. The van der Waals surface area contributed by atoms with Gasteiger partial charge in [0.2, 0.25) is 0 Å². The van der Waals surface area contributed by atoms with E-state index in [-0.39, 0.29) is 23.3 Å². The van der Waals surface area contributed by atoms with Crippen LogP contribution in [0.25, 0.3) is 0 Å². The normalized spacial score (nSPS) is 11.4. The first-order chi connectivity index (χ1) is 9.34. The molecule has 106 valence electrons. The second kappa shape index (κ2) is 5.58. The zero-order valence-corrected chi connectivity index (χ0v) is 10.8. The van der Waals surface area contributed by atoms with Crippen LogP contribution < -0.4 is 5.32 Å². The number of hydrogen-bond donors (Lipinski definition) is 2. The fourth-order valence-electron chi connectivity index (χ4n) is 1.56. The number of anilines is 1. The highest BCUT2D eigenvalue weighted by Gasteiger charge is 2.31. The second-order valence-corrected chi connectivity index (χ2v) is 4.47. The van der Waals surface area contributed by atoms with Gasteiger partial charge in [-0.3, -0.25) is 0 Å². The number of pyridine rings is 1. The number of halogens is 4. The van der Waals surface area contributed by atoms with E-state index in [1.54, 1.807) is 12.1 Å². The summed E-state index contributed by atoms with van der Waals surface area (Å²) in [7, 11) is 0. The molecule has 0 aliphatic heterocycles. The largest absolute Gasteiger partial charge is 0.508 e. The Morgan fingerprint density at radius 1 is 1.15 bits per heavy atom. The molecule has 0 spiro atoms. The highest BCUT2D eigenvalue weighted by molar-refractivity contribution is 6.29. The zero-order valence-electron chi connectivity index (χ0n) is 10.1. The van der Waals surface area contributed by atoms with Crippen molar-refractivity contribution in [3.8, 4) is 5.75 Å². The average molecular weight is 303 g/mol. The average Bonchev–Trinajstić information content (AvgIpc) is 2.36. The van der Waals surface area contributed by atoms with Crippen molar-refractivity contribution in [2.24, 2.45) is 0 Å². The molecule has 3 nitrogen and oxygen atoms in total. The van der Waals surface area contributed by atoms with E-state index in [1.807, 2.05) is 0 Å². The van der Waals surface area contributed by atoms with Gasteiger partial charge in [0.1, 0.15) is 16.7 Å². The number of phenolic OH excluding ortho intramolecular Hbond substituents is 1. The number of rotatable bonds is 3. The minimum atomic E-state index is -4.47. The molecule has 2 aromatic rings. The molecule has 0 fully saturated rings. The van der Waals surface area contributed by atoms with Crippen LogP contribution in [0.3, 0.4) is 0 Å². The fourth-order valence-corrected chi connectivity index (χ4v) is 1.77. The minimum absolute atomic E-state index is 0.0397. The van der Waals surface area contributed by atoms with Crippen molar-refractivity contribution >= 4 is 17.4 Å². The number of alkyl halides is 3. The van der Waals surface area contributed by atoms with E-state index < -0.39 is 11.7 Å². The van der Waals surface area contributed by atoms with Gasteiger partial charge in [-0.2, -0.15) is 13.2 Å². The standard InChI is InChI=1S/C13H10ClF3N2O/c14-11-5-9(13(15,16)17)6-12(19-11)18-7-8-1-3-10(20)4-2-8/h1-6,20H,7H2,(H,18,19). The Morgan fingerprint density at radius 3 is 2.40 bits per heavy atom. The summed E-state index contributed by atoms with van der Waals surface area (Å²) >= 11 is 5.57. The van der Waals surface area contributed by atoms with Gasteiger partial charge < -0.3 is 10.4 Å². The summed E-state index contributed by atoms with van der Waals surface area (Å²) in [4.78, 5) is 3.78. The van der Waals surface area contributed by atoms with Crippen LogP contribution in [0.4, 0.5) is 19.0 Å². The molecular formula is C13H10ClF3N2O. The molecule has 1 aromatic carbocycles. The predicted molar refractivity (Wildman–Crippen MR) is 69.7 cm³/mol. The van der Waals surface area contributed by atoms with Crippen molar-refractivity contribution < 1.29 is 18.3 Å². The van der Waals surface area contributed by atoms with Crippen molar-refractivity contribution in [1.82, 2.24) is 4.98 Å². The minimum Gasteiger partial charge on any atom is -0.508 e. The molecule has 7 heteroatoms. The lowest BCUT2D eigenvalue weighted by Gasteiger charge is -2.11. The summed E-state index contributed by atoms with van der Waals surface area (Å²) in [5.74, 6) is 0.159. The maximum absolute atomic E-state index is 12.6. The molecule has 0 aliphatic rings. The van der Waals surface area contributed by atoms with Crippen LogP contribution in [0.15, 0.2) is 36.4 Å². The Labute approximate surface area is 118 Å². The van der Waals surface area contributed by atoms with Crippen molar-refractivity contribution in [2.45, 2.75) is 12.7 Å². The summed E-state index contributed by atoms with van der Waals surface area (Å²) in [5.41, 5.74) is -0.0659. The van der Waals surface area contributed by atoms with Gasteiger partial charge >= 0.3 is 6.18 Å². The van der Waals surface area contributed by atoms with Crippen LogP contribution >= 0.6 is 11.6 Å². The third-order valence-corrected chi connectivity index (χ3v) is 2.73. The highest BCUT2D eigenvalue weighted by Crippen LogP contribution is 2.32. The fraction of sp³-hybridized carbons (Fsp3) is 0.154. The number of nitrogens with zero attached hydrogens (tertiary/aromatic N) is 1. The van der Waals surface area contributed by atoms with Crippen LogP contribution in [0, 0.1) is 0 Å². The Hall–Kier alpha value is -1.95. The zero-order chi connectivity index (χ0) is 14.8. The van der Waals surface area contributed by atoms with E-state index in [0.717, 1.165) is 17.7 Å². The van der Waals surface area contributed by atoms with Crippen LogP contribution in [0.5, 0.6) is 5.75 Å². The number of aromatic nitrogens is 1. The van der Waals surface area contributed by atoms with E-state index in [1.165, 1.54) is 12.1 Å². The summed E-state index contributed by atoms with van der Waals surface area (Å²) in [6.07, 6.45) is -4.47. The lowest BCUT2D eigenvalue weighted by molar-refractivity contribution is -0.137. The first-order valence-corrected chi connectivity index (χ1v) is 5.99. The SMILES string of the molecule is Oc1ccc(CNc2cc(C(F)(F)F)cc(Cl)n2)cc1. The molecule has 0 amide bonds. The van der Waals surface area contributed by atoms with E-state index in [4.69, 9.17) is 16.7 Å². The lowest BCUT2D eigenvalue weighted by Crippen LogP contribution is -2.08. The van der Waals surface area contributed by atoms with Gasteiger partial charge in [0, 0.05) is 6.54 Å². The number of aromatic hydroxyl groups is 1. The third kappa shape index (κ3) is 3.77. The van der Waals surface area contributed by atoms with E-state index in [2.05, 4.69) is 10.3 Å². The van der Waals surface area contributed by atoms with Gasteiger partial charge in [-0.15, -0.1) is 0 Å². The third-order valence-electron chi connectivity index (χ3n) is 2.53.